The van der Waals surface area contributed by atoms with Crippen LogP contribution >= 0.6 is 11.8 Å². The molecule has 0 heterocycles. The molecule has 0 aromatic heterocycles. The van der Waals surface area contributed by atoms with Gasteiger partial charge in [0.25, 0.3) is 0 Å². The molecule has 3 N–H and O–H groups in total. The number of carbonyl (C=O) groups excluding carboxylic acids is 2. The van der Waals surface area contributed by atoms with E-state index >= 15 is 0 Å². The van der Waals surface area contributed by atoms with Crippen LogP contribution in [0, 0.1) is 0 Å². The second kappa shape index (κ2) is 38.9. The van der Waals surface area contributed by atoms with Crippen LogP contribution in [0.1, 0.15) is 219 Å². The second-order valence-corrected chi connectivity index (χ2v) is 15.8. The number of hydrogen-bond donors (Lipinski definition) is 2. The van der Waals surface area contributed by atoms with Crippen LogP contribution in [0.25, 0.3) is 0 Å². The van der Waals surface area contributed by atoms with E-state index in [0.717, 1.165) is 38.5 Å². The lowest BCUT2D eigenvalue weighted by Crippen LogP contribution is -2.34. The van der Waals surface area contributed by atoms with E-state index in [1.807, 2.05) is 0 Å². The van der Waals surface area contributed by atoms with Gasteiger partial charge < -0.3 is 20.3 Å². The Bertz CT molecular complexity index is 767. The van der Waals surface area contributed by atoms with Crippen LogP contribution in [-0.2, 0) is 23.9 Å². The van der Waals surface area contributed by atoms with Crippen molar-refractivity contribution in [1.29, 1.82) is 0 Å². The van der Waals surface area contributed by atoms with Gasteiger partial charge in [0.1, 0.15) is 18.8 Å². The summed E-state index contributed by atoms with van der Waals surface area (Å²) in [5.74, 6) is -1.07. The summed E-state index contributed by atoms with van der Waals surface area (Å²) in [6, 6.07) is -0.982. The molecule has 0 aromatic carbocycles. The van der Waals surface area contributed by atoms with Gasteiger partial charge in [0, 0.05) is 24.3 Å². The third-order valence-electron chi connectivity index (χ3n) is 9.62. The Morgan fingerprint density at radius 3 is 1.16 bits per heavy atom. The highest BCUT2D eigenvalue weighted by Crippen LogP contribution is 2.16. The second-order valence-electron chi connectivity index (χ2n) is 14.7. The average molecular weight is 728 g/mol. The van der Waals surface area contributed by atoms with Crippen LogP contribution < -0.4 is 5.73 Å². The molecule has 50 heavy (non-hydrogen) atoms. The molecule has 2 atom stereocenters. The van der Waals surface area contributed by atoms with Crippen LogP contribution in [0.4, 0.5) is 0 Å². The third kappa shape index (κ3) is 36.5. The van der Waals surface area contributed by atoms with Crippen LogP contribution in [0.3, 0.4) is 0 Å². The van der Waals surface area contributed by atoms with Gasteiger partial charge in [0.05, 0.1) is 0 Å². The summed E-state index contributed by atoms with van der Waals surface area (Å²) in [4.78, 5) is 36.1. The molecule has 0 aliphatic rings. The van der Waals surface area contributed by atoms with Crippen molar-refractivity contribution < 1.29 is 29.0 Å². The Balaban J connectivity index is 4.01. The van der Waals surface area contributed by atoms with Gasteiger partial charge in [0.15, 0.2) is 0 Å². The first-order chi connectivity index (χ1) is 24.4. The third-order valence-corrected chi connectivity index (χ3v) is 10.8. The van der Waals surface area contributed by atoms with Gasteiger partial charge in [0.2, 0.25) is 0 Å². The fourth-order valence-electron chi connectivity index (χ4n) is 6.30. The van der Waals surface area contributed by atoms with Crippen molar-refractivity contribution in [3.63, 3.8) is 0 Å². The van der Waals surface area contributed by atoms with E-state index in [0.29, 0.717) is 18.6 Å². The Morgan fingerprint density at radius 2 is 0.820 bits per heavy atom. The molecular weight excluding hydrogens is 647 g/mol. The van der Waals surface area contributed by atoms with Crippen molar-refractivity contribution in [2.75, 3.05) is 18.1 Å². The number of thioether (sulfide) groups is 1. The van der Waals surface area contributed by atoms with Gasteiger partial charge >= 0.3 is 17.9 Å². The summed E-state index contributed by atoms with van der Waals surface area (Å²) in [7, 11) is 0. The maximum Gasteiger partial charge on any atom is 0.321 e. The average Bonchev–Trinajstić information content (AvgIpc) is 3.10. The maximum absolute atomic E-state index is 12.6. The van der Waals surface area contributed by atoms with Crippen molar-refractivity contribution in [2.45, 2.75) is 231 Å². The fraction of sp³-hybridized carbons (Fsp3) is 0.929. The first kappa shape index (κ1) is 48.7. The molecule has 7 nitrogen and oxygen atoms in total. The highest BCUT2D eigenvalue weighted by Gasteiger charge is 2.19. The van der Waals surface area contributed by atoms with E-state index in [-0.39, 0.29) is 24.3 Å². The lowest BCUT2D eigenvalue weighted by molar-refractivity contribution is -0.157. The molecule has 0 radical (unpaired) electrons. The number of esters is 2. The van der Waals surface area contributed by atoms with Crippen LogP contribution in [0.15, 0.2) is 0 Å². The van der Waals surface area contributed by atoms with Crippen molar-refractivity contribution in [1.82, 2.24) is 0 Å². The number of unbranched alkanes of at least 4 members (excludes halogenated alkanes) is 28. The molecule has 8 heteroatoms. The topological polar surface area (TPSA) is 116 Å². The van der Waals surface area contributed by atoms with Gasteiger partial charge in [-0.2, -0.15) is 11.8 Å². The summed E-state index contributed by atoms with van der Waals surface area (Å²) in [6.07, 6.45) is 38.3. The van der Waals surface area contributed by atoms with E-state index in [1.165, 1.54) is 166 Å². The number of carboxylic acids is 1. The highest BCUT2D eigenvalue weighted by atomic mass is 32.2. The summed E-state index contributed by atoms with van der Waals surface area (Å²) in [6.45, 7) is 4.53. The number of hydrogen-bond acceptors (Lipinski definition) is 7. The lowest BCUT2D eigenvalue weighted by atomic mass is 10.0. The molecule has 0 amide bonds. The highest BCUT2D eigenvalue weighted by molar-refractivity contribution is 7.99. The normalized spacial score (nSPS) is 12.5. The number of nitrogens with two attached hydrogens (primary N) is 1. The minimum Gasteiger partial charge on any atom is -0.480 e. The first-order valence-corrected chi connectivity index (χ1v) is 22.5. The molecule has 0 saturated carbocycles. The molecule has 0 aliphatic heterocycles. The molecular formula is C42H81NO6S. The monoisotopic (exact) mass is 728 g/mol. The van der Waals surface area contributed by atoms with E-state index in [4.69, 9.17) is 20.3 Å². The SMILES string of the molecule is CCCCCCCCCCCCCCCCCC(=O)OCC(CSC[C@H](N)C(=O)O)OC(=O)CCCCCCCCCCCCCCCCC. The predicted molar refractivity (Wildman–Crippen MR) is 213 cm³/mol. The molecule has 0 fully saturated rings. The van der Waals surface area contributed by atoms with Crippen LogP contribution in [0.5, 0.6) is 0 Å². The Labute approximate surface area is 313 Å². The molecule has 0 saturated heterocycles. The zero-order chi connectivity index (χ0) is 36.8. The van der Waals surface area contributed by atoms with E-state index < -0.39 is 18.1 Å². The molecule has 0 spiro atoms. The van der Waals surface area contributed by atoms with Gasteiger partial charge in [-0.15, -0.1) is 0 Å². The van der Waals surface area contributed by atoms with Crippen LogP contribution in [0.2, 0.25) is 0 Å². The summed E-state index contributed by atoms with van der Waals surface area (Å²) >= 11 is 1.31. The predicted octanol–water partition coefficient (Wildman–Crippen LogP) is 12.1. The Morgan fingerprint density at radius 1 is 0.500 bits per heavy atom. The van der Waals surface area contributed by atoms with Gasteiger partial charge in [-0.3, -0.25) is 14.4 Å². The zero-order valence-corrected chi connectivity index (χ0v) is 33.7. The Kier molecular flexibility index (Phi) is 37.9. The smallest absolute Gasteiger partial charge is 0.321 e. The van der Waals surface area contributed by atoms with Gasteiger partial charge in [-0.05, 0) is 12.8 Å². The number of aliphatic carboxylic acids is 1. The van der Waals surface area contributed by atoms with E-state index in [9.17, 15) is 14.4 Å². The number of rotatable bonds is 40. The van der Waals surface area contributed by atoms with E-state index in [2.05, 4.69) is 13.8 Å². The largest absolute Gasteiger partial charge is 0.480 e. The van der Waals surface area contributed by atoms with Crippen molar-refractivity contribution in [3.05, 3.63) is 0 Å². The minimum atomic E-state index is -1.06. The Hall–Kier alpha value is -1.28. The molecule has 0 bridgehead atoms. The van der Waals surface area contributed by atoms with Gasteiger partial charge in [-0.25, -0.2) is 0 Å². The number of carbonyl (C=O) groups is 3. The minimum absolute atomic E-state index is 0.00250. The molecule has 0 aromatic rings. The van der Waals surface area contributed by atoms with Crippen molar-refractivity contribution in [3.8, 4) is 0 Å². The van der Waals surface area contributed by atoms with Crippen LogP contribution in [-0.4, -0.2) is 53.3 Å². The summed E-state index contributed by atoms with van der Waals surface area (Å²) in [5, 5.41) is 9.07. The van der Waals surface area contributed by atoms with Crippen molar-refractivity contribution >= 4 is 29.7 Å². The summed E-state index contributed by atoms with van der Waals surface area (Å²) in [5.41, 5.74) is 5.63. The molecule has 0 rings (SSSR count). The van der Waals surface area contributed by atoms with Crippen molar-refractivity contribution in [2.24, 2.45) is 5.73 Å². The van der Waals surface area contributed by atoms with E-state index in [1.54, 1.807) is 0 Å². The first-order valence-electron chi connectivity index (χ1n) is 21.3. The number of ether oxygens (including phenoxy) is 2. The van der Waals surface area contributed by atoms with Gasteiger partial charge in [-0.1, -0.05) is 194 Å². The zero-order valence-electron chi connectivity index (χ0n) is 32.9. The molecule has 296 valence electrons. The molecule has 0 aliphatic carbocycles. The fourth-order valence-corrected chi connectivity index (χ4v) is 7.26. The lowest BCUT2D eigenvalue weighted by Gasteiger charge is -2.18. The quantitative estimate of drug-likeness (QED) is 0.0473. The molecule has 1 unspecified atom stereocenters. The number of carboxylic acid groups (broad SMARTS) is 1. The maximum atomic E-state index is 12.6. The summed E-state index contributed by atoms with van der Waals surface area (Å²) < 4.78 is 11.2. The standard InChI is InChI=1S/C42H81NO6S/c1-3-5-7-9-11-13-15-17-19-21-23-25-27-29-31-33-40(44)48-35-38(36-50-37-39(43)42(46)47)49-41(45)34-32-30-28-26-24-22-20-18-16-14-12-10-8-6-4-2/h38-39H,3-37,43H2,1-2H3,(H,46,47)/t38?,39-/m0/s1.